The first-order valence-corrected chi connectivity index (χ1v) is 5.75. The topological polar surface area (TPSA) is 27.0 Å². The van der Waals surface area contributed by atoms with Gasteiger partial charge >= 0.3 is 0 Å². The van der Waals surface area contributed by atoms with Gasteiger partial charge in [-0.05, 0) is 24.9 Å². The minimum atomic E-state index is 0.391. The molecule has 1 aromatic heterocycles. The Morgan fingerprint density at radius 2 is 2.43 bits per heavy atom. The minimum Gasteiger partial charge on any atom is -0.297 e. The fraction of sp³-hybridized carbons (Fsp3) is 0.545. The fourth-order valence-electron chi connectivity index (χ4n) is 1.49. The molecule has 1 unspecified atom stereocenters. The molecule has 0 aliphatic heterocycles. The van der Waals surface area contributed by atoms with Gasteiger partial charge in [0.1, 0.15) is 0 Å². The van der Waals surface area contributed by atoms with E-state index in [9.17, 15) is 0 Å². The maximum atomic E-state index is 8.67. The van der Waals surface area contributed by atoms with E-state index in [1.807, 2.05) is 0 Å². The Morgan fingerprint density at radius 3 is 2.93 bits per heavy atom. The molecular formula is C11H16N2S. The van der Waals surface area contributed by atoms with Crippen molar-refractivity contribution in [2.75, 3.05) is 7.05 Å². The van der Waals surface area contributed by atoms with Crippen LogP contribution < -0.4 is 0 Å². The average Bonchev–Trinajstić information content (AvgIpc) is 2.66. The molecule has 0 fully saturated rings. The van der Waals surface area contributed by atoms with Gasteiger partial charge in [0, 0.05) is 17.5 Å². The highest BCUT2D eigenvalue weighted by Crippen LogP contribution is 2.14. The molecule has 0 aromatic carbocycles. The zero-order chi connectivity index (χ0) is 10.4. The van der Waals surface area contributed by atoms with E-state index in [-0.39, 0.29) is 0 Å². The van der Waals surface area contributed by atoms with Gasteiger partial charge in [-0.2, -0.15) is 5.26 Å². The van der Waals surface area contributed by atoms with Crippen LogP contribution in [0.3, 0.4) is 0 Å². The van der Waals surface area contributed by atoms with Crippen LogP contribution in [-0.4, -0.2) is 18.0 Å². The number of hydrogen-bond donors (Lipinski definition) is 0. The van der Waals surface area contributed by atoms with Crippen molar-refractivity contribution in [3.63, 3.8) is 0 Å². The molecule has 2 nitrogen and oxygen atoms in total. The van der Waals surface area contributed by atoms with Crippen molar-refractivity contribution in [2.45, 2.75) is 32.4 Å². The molecule has 1 aromatic rings. The lowest BCUT2D eigenvalue weighted by Crippen LogP contribution is -2.29. The lowest BCUT2D eigenvalue weighted by atomic mass is 10.1. The van der Waals surface area contributed by atoms with Crippen LogP contribution in [0, 0.1) is 11.3 Å². The summed E-state index contributed by atoms with van der Waals surface area (Å²) in [4.78, 5) is 3.62. The van der Waals surface area contributed by atoms with Gasteiger partial charge in [0.05, 0.1) is 12.5 Å². The quantitative estimate of drug-likeness (QED) is 0.744. The summed E-state index contributed by atoms with van der Waals surface area (Å²) in [6.07, 6.45) is 1.66. The molecule has 0 radical (unpaired) electrons. The summed E-state index contributed by atoms with van der Waals surface area (Å²) in [5.41, 5.74) is 0. The Morgan fingerprint density at radius 1 is 1.64 bits per heavy atom. The Labute approximate surface area is 89.8 Å². The first-order chi connectivity index (χ1) is 6.77. The first kappa shape index (κ1) is 11.2. The van der Waals surface area contributed by atoms with Crippen molar-refractivity contribution in [3.05, 3.63) is 22.4 Å². The smallest absolute Gasteiger partial charge is 0.0638 e. The van der Waals surface area contributed by atoms with Gasteiger partial charge in [-0.1, -0.05) is 13.0 Å². The lowest BCUT2D eigenvalue weighted by molar-refractivity contribution is 0.232. The summed E-state index contributed by atoms with van der Waals surface area (Å²) in [7, 11) is 2.09. The van der Waals surface area contributed by atoms with Gasteiger partial charge in [0.2, 0.25) is 0 Å². The summed E-state index contributed by atoms with van der Waals surface area (Å²) in [5.74, 6) is 0. The van der Waals surface area contributed by atoms with E-state index in [0.717, 1.165) is 13.0 Å². The second-order valence-corrected chi connectivity index (χ2v) is 4.45. The number of hydrogen-bond acceptors (Lipinski definition) is 3. The molecule has 14 heavy (non-hydrogen) atoms. The first-order valence-electron chi connectivity index (χ1n) is 4.87. The molecule has 1 heterocycles. The maximum absolute atomic E-state index is 8.67. The number of nitriles is 1. The van der Waals surface area contributed by atoms with E-state index in [0.29, 0.717) is 12.5 Å². The van der Waals surface area contributed by atoms with Gasteiger partial charge in [-0.15, -0.1) is 11.3 Å². The molecule has 0 bridgehead atoms. The third-order valence-electron chi connectivity index (χ3n) is 2.41. The van der Waals surface area contributed by atoms with E-state index >= 15 is 0 Å². The SMILES string of the molecule is CCC(CC#N)N(C)Cc1cccs1. The molecule has 0 saturated heterocycles. The molecule has 0 saturated carbocycles. The molecule has 0 N–H and O–H groups in total. The van der Waals surface area contributed by atoms with Crippen molar-refractivity contribution in [1.82, 2.24) is 4.90 Å². The Kier molecular flexibility index (Phi) is 4.64. The van der Waals surface area contributed by atoms with E-state index in [2.05, 4.69) is 42.5 Å². The molecule has 0 amide bonds. The summed E-state index contributed by atoms with van der Waals surface area (Å²) < 4.78 is 0. The summed E-state index contributed by atoms with van der Waals surface area (Å²) in [6, 6.07) is 6.84. The monoisotopic (exact) mass is 208 g/mol. The standard InChI is InChI=1S/C11H16N2S/c1-3-10(6-7-12)13(2)9-11-5-4-8-14-11/h4-5,8,10H,3,6,9H2,1-2H3. The molecule has 0 aliphatic rings. The van der Waals surface area contributed by atoms with Crippen LogP contribution in [0.4, 0.5) is 0 Å². The Bertz CT molecular complexity index is 287. The number of rotatable bonds is 5. The average molecular weight is 208 g/mol. The Balaban J connectivity index is 2.48. The molecule has 0 aliphatic carbocycles. The lowest BCUT2D eigenvalue weighted by Gasteiger charge is -2.24. The van der Waals surface area contributed by atoms with Crippen LogP contribution in [0.15, 0.2) is 17.5 Å². The summed E-state index contributed by atoms with van der Waals surface area (Å²) >= 11 is 1.77. The summed E-state index contributed by atoms with van der Waals surface area (Å²) in [5, 5.41) is 10.8. The van der Waals surface area contributed by atoms with Gasteiger partial charge in [-0.3, -0.25) is 4.90 Å². The highest BCUT2D eigenvalue weighted by molar-refractivity contribution is 7.09. The highest BCUT2D eigenvalue weighted by Gasteiger charge is 2.12. The number of thiophene rings is 1. The molecule has 0 spiro atoms. The van der Waals surface area contributed by atoms with Crippen molar-refractivity contribution in [3.8, 4) is 6.07 Å². The van der Waals surface area contributed by atoms with Gasteiger partial charge < -0.3 is 0 Å². The van der Waals surface area contributed by atoms with Gasteiger partial charge in [0.15, 0.2) is 0 Å². The zero-order valence-corrected chi connectivity index (χ0v) is 9.55. The number of nitrogens with zero attached hydrogens (tertiary/aromatic N) is 2. The zero-order valence-electron chi connectivity index (χ0n) is 8.73. The third-order valence-corrected chi connectivity index (χ3v) is 3.27. The van der Waals surface area contributed by atoms with Crippen molar-refractivity contribution >= 4 is 11.3 Å². The predicted molar refractivity (Wildman–Crippen MR) is 60.1 cm³/mol. The van der Waals surface area contributed by atoms with E-state index < -0.39 is 0 Å². The van der Waals surface area contributed by atoms with Crippen LogP contribution in [0.1, 0.15) is 24.6 Å². The van der Waals surface area contributed by atoms with E-state index in [1.54, 1.807) is 11.3 Å². The van der Waals surface area contributed by atoms with Gasteiger partial charge in [-0.25, -0.2) is 0 Å². The van der Waals surface area contributed by atoms with Crippen LogP contribution in [-0.2, 0) is 6.54 Å². The predicted octanol–water partition coefficient (Wildman–Crippen LogP) is 2.87. The molecule has 1 rings (SSSR count). The third kappa shape index (κ3) is 3.13. The van der Waals surface area contributed by atoms with E-state index in [4.69, 9.17) is 5.26 Å². The van der Waals surface area contributed by atoms with Gasteiger partial charge in [0.25, 0.3) is 0 Å². The minimum absolute atomic E-state index is 0.391. The second kappa shape index (κ2) is 5.79. The van der Waals surface area contributed by atoms with Crippen LogP contribution in [0.5, 0.6) is 0 Å². The highest BCUT2D eigenvalue weighted by atomic mass is 32.1. The van der Waals surface area contributed by atoms with Crippen LogP contribution >= 0.6 is 11.3 Å². The van der Waals surface area contributed by atoms with E-state index in [1.165, 1.54) is 4.88 Å². The Hall–Kier alpha value is -0.850. The normalized spacial score (nSPS) is 12.7. The van der Waals surface area contributed by atoms with Crippen LogP contribution in [0.2, 0.25) is 0 Å². The molecule has 1 atom stereocenters. The molecule has 3 heteroatoms. The molecule has 76 valence electrons. The molecular weight excluding hydrogens is 192 g/mol. The fourth-order valence-corrected chi connectivity index (χ4v) is 2.26. The van der Waals surface area contributed by atoms with Crippen molar-refractivity contribution in [1.29, 1.82) is 5.26 Å². The maximum Gasteiger partial charge on any atom is 0.0638 e. The van der Waals surface area contributed by atoms with Crippen molar-refractivity contribution < 1.29 is 0 Å². The largest absolute Gasteiger partial charge is 0.297 e. The van der Waals surface area contributed by atoms with Crippen LogP contribution in [0.25, 0.3) is 0 Å². The summed E-state index contributed by atoms with van der Waals surface area (Å²) in [6.45, 7) is 3.09. The van der Waals surface area contributed by atoms with Crippen molar-refractivity contribution in [2.24, 2.45) is 0 Å². The second-order valence-electron chi connectivity index (χ2n) is 3.42.